The molecule has 1 aliphatic heterocycles. The van der Waals surface area contributed by atoms with Crippen LogP contribution in [0.5, 0.6) is 0 Å². The zero-order chi connectivity index (χ0) is 25.8. The van der Waals surface area contributed by atoms with Crippen molar-refractivity contribution in [2.24, 2.45) is 5.92 Å². The third-order valence-corrected chi connectivity index (χ3v) is 7.20. The van der Waals surface area contributed by atoms with Crippen LogP contribution in [0.4, 0.5) is 14.7 Å². The van der Waals surface area contributed by atoms with Crippen molar-refractivity contribution in [2.75, 3.05) is 31.2 Å². The monoisotopic (exact) mass is 513 g/mol. The Balaban J connectivity index is 1.37. The van der Waals surface area contributed by atoms with E-state index in [0.717, 1.165) is 38.5 Å². The first kappa shape index (κ1) is 25.4. The number of aryl methyl sites for hydroxylation is 1. The number of nitrogens with one attached hydrogen (secondary N) is 1. The van der Waals surface area contributed by atoms with Gasteiger partial charge in [0.15, 0.2) is 5.82 Å². The van der Waals surface area contributed by atoms with Crippen molar-refractivity contribution >= 4 is 22.9 Å². The number of rotatable bonds is 8. The third-order valence-electron chi connectivity index (χ3n) is 7.20. The van der Waals surface area contributed by atoms with Crippen molar-refractivity contribution in [2.45, 2.75) is 64.3 Å². The zero-order valence-corrected chi connectivity index (χ0v) is 21.1. The van der Waals surface area contributed by atoms with Gasteiger partial charge in [0, 0.05) is 32.5 Å². The lowest BCUT2D eigenvalue weighted by atomic mass is 9.83. The lowest BCUT2D eigenvalue weighted by Gasteiger charge is -2.29. The summed E-state index contributed by atoms with van der Waals surface area (Å²) in [6.45, 7) is 3.96. The molecular weight excluding hydrogens is 480 g/mol. The minimum absolute atomic E-state index is 0.0332. The molecule has 1 amide bonds. The number of alkyl halides is 2. The van der Waals surface area contributed by atoms with Crippen LogP contribution in [0, 0.1) is 5.92 Å². The molecule has 0 atom stereocenters. The molecule has 5 rings (SSSR count). The number of imidazole rings is 1. The Labute approximate surface area is 214 Å². The van der Waals surface area contributed by atoms with Gasteiger partial charge in [-0.3, -0.25) is 9.36 Å². The van der Waals surface area contributed by atoms with E-state index >= 15 is 0 Å². The molecule has 1 aliphatic carbocycles. The van der Waals surface area contributed by atoms with E-state index in [9.17, 15) is 13.6 Å². The number of fused-ring (bicyclic) bond motifs is 1. The Morgan fingerprint density at radius 1 is 1.05 bits per heavy atom. The van der Waals surface area contributed by atoms with E-state index < -0.39 is 6.43 Å². The number of para-hydroxylation sites is 2. The molecule has 1 N–H and O–H groups in total. The lowest BCUT2D eigenvalue weighted by molar-refractivity contribution is -0.119. The largest absolute Gasteiger partial charge is 0.378 e. The highest BCUT2D eigenvalue weighted by Gasteiger charge is 2.25. The Bertz CT molecular complexity index is 1220. The maximum Gasteiger partial charge on any atom is 0.296 e. The predicted octanol–water partition coefficient (Wildman–Crippen LogP) is 4.00. The molecule has 0 radical (unpaired) electrons. The number of carbonyl (C=O) groups is 1. The summed E-state index contributed by atoms with van der Waals surface area (Å²) >= 11 is 0. The minimum atomic E-state index is -2.77. The summed E-state index contributed by atoms with van der Waals surface area (Å²) in [5, 5.41) is 3.03. The van der Waals surface area contributed by atoms with Crippen LogP contribution in [0.1, 0.15) is 63.5 Å². The van der Waals surface area contributed by atoms with Crippen molar-refractivity contribution in [3.8, 4) is 5.95 Å². The van der Waals surface area contributed by atoms with E-state index in [2.05, 4.69) is 20.3 Å². The number of benzene rings is 1. The smallest absolute Gasteiger partial charge is 0.296 e. The van der Waals surface area contributed by atoms with Crippen LogP contribution in [0.15, 0.2) is 24.3 Å². The van der Waals surface area contributed by atoms with Crippen LogP contribution in [-0.2, 0) is 16.0 Å². The van der Waals surface area contributed by atoms with Crippen molar-refractivity contribution in [1.82, 2.24) is 29.8 Å². The van der Waals surface area contributed by atoms with Crippen LogP contribution in [0.25, 0.3) is 17.0 Å². The highest BCUT2D eigenvalue weighted by Crippen LogP contribution is 2.29. The summed E-state index contributed by atoms with van der Waals surface area (Å²) in [7, 11) is 0. The van der Waals surface area contributed by atoms with Crippen LogP contribution in [0.3, 0.4) is 0 Å². The van der Waals surface area contributed by atoms with Crippen LogP contribution < -0.4 is 10.2 Å². The summed E-state index contributed by atoms with van der Waals surface area (Å²) < 4.78 is 34.8. The highest BCUT2D eigenvalue weighted by molar-refractivity contribution is 5.77. The Hall–Kier alpha value is -3.21. The number of ether oxygens (including phenoxy) is 1. The lowest BCUT2D eigenvalue weighted by Crippen LogP contribution is -2.37. The molecule has 2 aromatic heterocycles. The molecule has 2 fully saturated rings. The maximum atomic E-state index is 14.0. The van der Waals surface area contributed by atoms with Gasteiger partial charge in [0.1, 0.15) is 5.82 Å². The normalized spacial score (nSPS) is 20.5. The number of aromatic nitrogens is 5. The van der Waals surface area contributed by atoms with Gasteiger partial charge in [-0.25, -0.2) is 13.8 Å². The van der Waals surface area contributed by atoms with Gasteiger partial charge in [-0.1, -0.05) is 18.6 Å². The van der Waals surface area contributed by atoms with Gasteiger partial charge < -0.3 is 15.0 Å². The first-order valence-electron chi connectivity index (χ1n) is 13.1. The van der Waals surface area contributed by atoms with Crippen LogP contribution in [-0.4, -0.2) is 62.8 Å². The molecule has 0 spiro atoms. The fourth-order valence-corrected chi connectivity index (χ4v) is 5.34. The summed E-state index contributed by atoms with van der Waals surface area (Å²) in [5.74, 6) is 1.51. The quantitative estimate of drug-likeness (QED) is 0.486. The molecule has 0 bridgehead atoms. The fourth-order valence-electron chi connectivity index (χ4n) is 5.34. The van der Waals surface area contributed by atoms with E-state index in [1.165, 1.54) is 4.57 Å². The van der Waals surface area contributed by atoms with E-state index in [0.29, 0.717) is 61.4 Å². The number of amides is 1. The number of morpholine rings is 1. The molecule has 198 valence electrons. The average molecular weight is 514 g/mol. The first-order valence-corrected chi connectivity index (χ1v) is 13.1. The summed E-state index contributed by atoms with van der Waals surface area (Å²) in [4.78, 5) is 31.5. The van der Waals surface area contributed by atoms with Gasteiger partial charge in [-0.05, 0) is 50.2 Å². The Morgan fingerprint density at radius 2 is 1.78 bits per heavy atom. The second kappa shape index (κ2) is 11.5. The highest BCUT2D eigenvalue weighted by atomic mass is 19.3. The van der Waals surface area contributed by atoms with E-state index in [1.54, 1.807) is 31.2 Å². The maximum absolute atomic E-state index is 14.0. The second-order valence-corrected chi connectivity index (χ2v) is 9.86. The van der Waals surface area contributed by atoms with E-state index in [4.69, 9.17) is 9.72 Å². The molecule has 3 heterocycles. The number of carbonyl (C=O) groups excluding carboxylic acids is 1. The van der Waals surface area contributed by atoms with Crippen molar-refractivity contribution in [3.05, 3.63) is 35.9 Å². The van der Waals surface area contributed by atoms with Gasteiger partial charge in [0.2, 0.25) is 17.8 Å². The van der Waals surface area contributed by atoms with Gasteiger partial charge in [0.25, 0.3) is 6.43 Å². The molecule has 11 heteroatoms. The Morgan fingerprint density at radius 3 is 2.51 bits per heavy atom. The topological polar surface area (TPSA) is 98.1 Å². The second-order valence-electron chi connectivity index (χ2n) is 9.86. The molecule has 1 aromatic carbocycles. The molecule has 37 heavy (non-hydrogen) atoms. The first-order chi connectivity index (χ1) is 18.0. The van der Waals surface area contributed by atoms with Gasteiger partial charge >= 0.3 is 0 Å². The molecule has 0 unspecified atom stereocenters. The molecule has 1 saturated heterocycles. The van der Waals surface area contributed by atoms with Crippen molar-refractivity contribution < 1.29 is 18.3 Å². The summed E-state index contributed by atoms with van der Waals surface area (Å²) in [5.41, 5.74) is 1.02. The van der Waals surface area contributed by atoms with Crippen molar-refractivity contribution in [3.63, 3.8) is 0 Å². The Kier molecular flexibility index (Phi) is 7.87. The standard InChI is InChI=1S/C26H33F2N7O2/c1-17(36)29-19-11-9-18(10-12-19)5-4-8-22-31-25(34-13-15-37-16-14-34)33-26(32-22)35-21-7-3-2-6-20(21)30-24(35)23(27)28/h2-3,6-7,18-19,23H,4-5,8-16H2,1H3,(H,29,36). The SMILES string of the molecule is CC(=O)NC1CCC(CCCc2nc(N3CCOCC3)nc(-n3c(C(F)F)nc4ccccc43)n2)CC1. The van der Waals surface area contributed by atoms with Gasteiger partial charge in [-0.15, -0.1) is 0 Å². The van der Waals surface area contributed by atoms with Gasteiger partial charge in [0.05, 0.1) is 24.2 Å². The summed E-state index contributed by atoms with van der Waals surface area (Å²) in [6.07, 6.45) is 3.99. The van der Waals surface area contributed by atoms with Crippen molar-refractivity contribution in [1.29, 1.82) is 0 Å². The average Bonchev–Trinajstić information content (AvgIpc) is 3.30. The molecule has 3 aromatic rings. The van der Waals surface area contributed by atoms with Gasteiger partial charge in [-0.2, -0.15) is 15.0 Å². The zero-order valence-electron chi connectivity index (χ0n) is 21.1. The number of nitrogens with zero attached hydrogens (tertiary/aromatic N) is 6. The number of hydrogen-bond donors (Lipinski definition) is 1. The summed E-state index contributed by atoms with van der Waals surface area (Å²) in [6, 6.07) is 7.31. The minimum Gasteiger partial charge on any atom is -0.378 e. The van der Waals surface area contributed by atoms with E-state index in [-0.39, 0.29) is 23.7 Å². The van der Waals surface area contributed by atoms with E-state index in [1.807, 2.05) is 4.90 Å². The number of anilines is 1. The fraction of sp³-hybridized carbons (Fsp3) is 0.577. The third kappa shape index (κ3) is 6.03. The number of hydrogen-bond acceptors (Lipinski definition) is 7. The predicted molar refractivity (Wildman–Crippen MR) is 135 cm³/mol. The molecular formula is C26H33F2N7O2. The van der Waals surface area contributed by atoms with Crippen LogP contribution in [0.2, 0.25) is 0 Å². The molecule has 2 aliphatic rings. The van der Waals surface area contributed by atoms with Crippen LogP contribution >= 0.6 is 0 Å². The molecule has 9 nitrogen and oxygen atoms in total. The number of halogens is 2. The molecule has 1 saturated carbocycles.